The number of phenols is 1. The molecule has 0 bridgehead atoms. The Hall–Kier alpha value is -1.92. The maximum atomic E-state index is 11.7. The Balaban J connectivity index is 1.57. The molecule has 0 saturated carbocycles. The van der Waals surface area contributed by atoms with Crippen LogP contribution in [-0.4, -0.2) is 61.6 Å². The van der Waals surface area contributed by atoms with Crippen molar-refractivity contribution < 1.29 is 19.1 Å². The standard InChI is InChI=1S/C18H27N3O3/c1-21(11-13-24-14-12-21)10-6-2-3-9-18(23)20-19-15-16-7-4-5-8-17(16)22/h4-5,7-8,15H,2-3,6,9-14H2,1H3,(H-,19,20,22,23)/p+1. The Kier molecular flexibility index (Phi) is 7.21. The number of benzene rings is 1. The third-order valence-corrected chi connectivity index (χ3v) is 4.48. The summed E-state index contributed by atoms with van der Waals surface area (Å²) in [5.41, 5.74) is 3.09. The zero-order chi connectivity index (χ0) is 17.3. The number of hydrogen-bond donors (Lipinski definition) is 2. The second-order valence-electron chi connectivity index (χ2n) is 6.57. The van der Waals surface area contributed by atoms with Gasteiger partial charge >= 0.3 is 0 Å². The van der Waals surface area contributed by atoms with E-state index in [1.54, 1.807) is 24.3 Å². The molecule has 132 valence electrons. The number of nitrogens with one attached hydrogen (secondary N) is 1. The topological polar surface area (TPSA) is 70.9 Å². The van der Waals surface area contributed by atoms with E-state index in [2.05, 4.69) is 17.6 Å². The van der Waals surface area contributed by atoms with Gasteiger partial charge in [0, 0.05) is 12.0 Å². The number of nitrogens with zero attached hydrogens (tertiary/aromatic N) is 2. The highest BCUT2D eigenvalue weighted by Crippen LogP contribution is 2.13. The molecule has 0 atom stereocenters. The number of hydrazone groups is 1. The van der Waals surface area contributed by atoms with E-state index in [-0.39, 0.29) is 11.7 Å². The first-order chi connectivity index (χ1) is 11.6. The summed E-state index contributed by atoms with van der Waals surface area (Å²) in [5, 5.41) is 13.5. The van der Waals surface area contributed by atoms with E-state index in [1.165, 1.54) is 6.21 Å². The third kappa shape index (κ3) is 6.29. The molecular weight excluding hydrogens is 306 g/mol. The third-order valence-electron chi connectivity index (χ3n) is 4.48. The Morgan fingerprint density at radius 1 is 1.29 bits per heavy atom. The second-order valence-corrected chi connectivity index (χ2v) is 6.57. The van der Waals surface area contributed by atoms with E-state index in [0.29, 0.717) is 12.0 Å². The van der Waals surface area contributed by atoms with Crippen molar-refractivity contribution in [1.82, 2.24) is 5.43 Å². The highest BCUT2D eigenvalue weighted by Gasteiger charge is 2.24. The number of ether oxygens (including phenoxy) is 1. The van der Waals surface area contributed by atoms with Crippen LogP contribution >= 0.6 is 0 Å². The molecule has 0 spiro atoms. The predicted octanol–water partition coefficient (Wildman–Crippen LogP) is 1.88. The van der Waals surface area contributed by atoms with Gasteiger partial charge in [0.05, 0.1) is 33.0 Å². The molecule has 2 N–H and O–H groups in total. The molecule has 24 heavy (non-hydrogen) atoms. The minimum absolute atomic E-state index is 0.0894. The van der Waals surface area contributed by atoms with E-state index in [1.807, 2.05) is 0 Å². The lowest BCUT2D eigenvalue weighted by Crippen LogP contribution is -2.52. The molecule has 0 unspecified atom stereocenters. The number of carbonyl (C=O) groups excluding carboxylic acids is 1. The van der Waals surface area contributed by atoms with E-state index in [9.17, 15) is 9.90 Å². The number of rotatable bonds is 8. The number of phenolic OH excluding ortho intramolecular Hbond substituents is 1. The van der Waals surface area contributed by atoms with Crippen LogP contribution in [0.4, 0.5) is 0 Å². The maximum Gasteiger partial charge on any atom is 0.240 e. The Bertz CT molecular complexity index is 554. The summed E-state index contributed by atoms with van der Waals surface area (Å²) in [6, 6.07) is 6.87. The van der Waals surface area contributed by atoms with Crippen LogP contribution in [-0.2, 0) is 9.53 Å². The SMILES string of the molecule is C[N+]1(CCCCCC(=O)N/N=C/c2ccccc2O)CCOCC1. The fourth-order valence-electron chi connectivity index (χ4n) is 2.79. The first kappa shape index (κ1) is 18.4. The van der Waals surface area contributed by atoms with Crippen molar-refractivity contribution in [3.8, 4) is 5.75 Å². The monoisotopic (exact) mass is 334 g/mol. The summed E-state index contributed by atoms with van der Waals surface area (Å²) in [4.78, 5) is 11.7. The van der Waals surface area contributed by atoms with Gasteiger partial charge in [-0.3, -0.25) is 4.79 Å². The second kappa shape index (κ2) is 9.39. The van der Waals surface area contributed by atoms with E-state index >= 15 is 0 Å². The van der Waals surface area contributed by atoms with Gasteiger partial charge in [0.1, 0.15) is 18.8 Å². The zero-order valence-corrected chi connectivity index (χ0v) is 14.4. The molecule has 1 amide bonds. The number of carbonyl (C=O) groups is 1. The molecule has 0 radical (unpaired) electrons. The minimum atomic E-state index is -0.0894. The van der Waals surface area contributed by atoms with E-state index < -0.39 is 0 Å². The Morgan fingerprint density at radius 3 is 2.79 bits per heavy atom. The highest BCUT2D eigenvalue weighted by molar-refractivity contribution is 5.84. The van der Waals surface area contributed by atoms with Crippen molar-refractivity contribution in [2.75, 3.05) is 39.9 Å². The van der Waals surface area contributed by atoms with Crippen LogP contribution in [0.3, 0.4) is 0 Å². The number of quaternary nitrogens is 1. The summed E-state index contributed by atoms with van der Waals surface area (Å²) in [6.45, 7) is 5.03. The molecule has 6 nitrogen and oxygen atoms in total. The van der Waals surface area contributed by atoms with Crippen LogP contribution in [0.2, 0.25) is 0 Å². The van der Waals surface area contributed by atoms with E-state index in [0.717, 1.165) is 56.6 Å². The van der Waals surface area contributed by atoms with Gasteiger partial charge in [-0.2, -0.15) is 5.10 Å². The van der Waals surface area contributed by atoms with Gasteiger partial charge in [-0.15, -0.1) is 0 Å². The van der Waals surface area contributed by atoms with Gasteiger partial charge in [-0.05, 0) is 31.4 Å². The number of morpholine rings is 1. The largest absolute Gasteiger partial charge is 0.507 e. The normalized spacial score (nSPS) is 17.0. The van der Waals surface area contributed by atoms with Gasteiger partial charge in [-0.1, -0.05) is 12.1 Å². The number of para-hydroxylation sites is 1. The lowest BCUT2D eigenvalue weighted by Gasteiger charge is -2.37. The van der Waals surface area contributed by atoms with Gasteiger partial charge in [0.25, 0.3) is 0 Å². The molecule has 1 saturated heterocycles. The quantitative estimate of drug-likeness (QED) is 0.330. The average molecular weight is 334 g/mol. The fraction of sp³-hybridized carbons (Fsp3) is 0.556. The van der Waals surface area contributed by atoms with Crippen molar-refractivity contribution in [2.45, 2.75) is 25.7 Å². The Morgan fingerprint density at radius 2 is 2.04 bits per heavy atom. The molecule has 1 aliphatic rings. The van der Waals surface area contributed by atoms with E-state index in [4.69, 9.17) is 4.74 Å². The summed E-state index contributed by atoms with van der Waals surface area (Å²) in [5.74, 6) is 0.0590. The molecule has 0 aliphatic carbocycles. The number of hydrogen-bond acceptors (Lipinski definition) is 4. The molecule has 0 aromatic heterocycles. The fourth-order valence-corrected chi connectivity index (χ4v) is 2.79. The van der Waals surface area contributed by atoms with Crippen LogP contribution in [0.5, 0.6) is 5.75 Å². The lowest BCUT2D eigenvalue weighted by atomic mass is 10.1. The van der Waals surface area contributed by atoms with Crippen LogP contribution in [0.25, 0.3) is 0 Å². The summed E-state index contributed by atoms with van der Waals surface area (Å²) in [7, 11) is 2.28. The summed E-state index contributed by atoms with van der Waals surface area (Å²) < 4.78 is 6.48. The molecule has 1 fully saturated rings. The molecular formula is C18H28N3O3+. The van der Waals surface area contributed by atoms with Crippen LogP contribution < -0.4 is 5.43 Å². The van der Waals surface area contributed by atoms with Crippen molar-refractivity contribution in [3.63, 3.8) is 0 Å². The molecule has 1 aliphatic heterocycles. The molecule has 1 aromatic rings. The van der Waals surface area contributed by atoms with Crippen LogP contribution in [0.15, 0.2) is 29.4 Å². The van der Waals surface area contributed by atoms with Gasteiger partial charge in [0.15, 0.2) is 0 Å². The maximum absolute atomic E-state index is 11.7. The van der Waals surface area contributed by atoms with Crippen LogP contribution in [0, 0.1) is 0 Å². The lowest BCUT2D eigenvalue weighted by molar-refractivity contribution is -0.917. The number of amides is 1. The van der Waals surface area contributed by atoms with Crippen molar-refractivity contribution in [3.05, 3.63) is 29.8 Å². The molecule has 2 rings (SSSR count). The van der Waals surface area contributed by atoms with Crippen molar-refractivity contribution >= 4 is 12.1 Å². The summed E-state index contributed by atoms with van der Waals surface area (Å²) in [6.07, 6.45) is 4.98. The molecule has 1 heterocycles. The number of unbranched alkanes of at least 4 members (excludes halogenated alkanes) is 2. The number of likely N-dealkylation sites (N-methyl/N-ethyl adjacent to an activating group) is 1. The number of aromatic hydroxyl groups is 1. The minimum Gasteiger partial charge on any atom is -0.507 e. The van der Waals surface area contributed by atoms with Gasteiger partial charge in [-0.25, -0.2) is 5.43 Å². The van der Waals surface area contributed by atoms with Gasteiger partial charge < -0.3 is 14.3 Å². The van der Waals surface area contributed by atoms with Crippen molar-refractivity contribution in [1.29, 1.82) is 0 Å². The smallest absolute Gasteiger partial charge is 0.240 e. The molecule has 6 heteroatoms. The van der Waals surface area contributed by atoms with Crippen molar-refractivity contribution in [2.24, 2.45) is 5.10 Å². The highest BCUT2D eigenvalue weighted by atomic mass is 16.5. The first-order valence-corrected chi connectivity index (χ1v) is 8.60. The summed E-state index contributed by atoms with van der Waals surface area (Å²) >= 11 is 0. The predicted molar refractivity (Wildman–Crippen MR) is 93.9 cm³/mol. The zero-order valence-electron chi connectivity index (χ0n) is 14.4. The first-order valence-electron chi connectivity index (χ1n) is 8.60. The average Bonchev–Trinajstić information content (AvgIpc) is 2.57. The van der Waals surface area contributed by atoms with Gasteiger partial charge in [0.2, 0.25) is 5.91 Å². The Labute approximate surface area is 143 Å². The van der Waals surface area contributed by atoms with Crippen LogP contribution in [0.1, 0.15) is 31.2 Å². The molecule has 1 aromatic carbocycles.